The van der Waals surface area contributed by atoms with Crippen LogP contribution in [0.4, 0.5) is 15.8 Å². The van der Waals surface area contributed by atoms with Gasteiger partial charge in [-0.25, -0.2) is 9.18 Å². The van der Waals surface area contributed by atoms with Crippen LogP contribution in [0.5, 0.6) is 0 Å². The average molecular weight is 270 g/mol. The molecule has 1 aromatic rings. The highest BCUT2D eigenvalue weighted by molar-refractivity contribution is 6.00. The summed E-state index contributed by atoms with van der Waals surface area (Å²) in [6.07, 6.45) is 1.60. The molecule has 1 atom stereocenters. The van der Waals surface area contributed by atoms with Crippen molar-refractivity contribution in [2.45, 2.75) is 19.8 Å². The van der Waals surface area contributed by atoms with Crippen LogP contribution in [0, 0.1) is 11.7 Å². The lowest BCUT2D eigenvalue weighted by molar-refractivity contribution is 0.0698. The number of carbonyl (C=O) groups is 1. The van der Waals surface area contributed by atoms with Crippen LogP contribution >= 0.6 is 0 Å². The van der Waals surface area contributed by atoms with E-state index in [1.165, 1.54) is 6.07 Å². The minimum atomic E-state index is -1.26. The fourth-order valence-electron chi connectivity index (χ4n) is 1.74. The number of aliphatic hydroxyl groups is 1. The summed E-state index contributed by atoms with van der Waals surface area (Å²) in [5.41, 5.74) is 5.14. The number of aliphatic hydroxyl groups excluding tert-OH is 1. The van der Waals surface area contributed by atoms with Crippen LogP contribution in [0.1, 0.15) is 30.1 Å². The van der Waals surface area contributed by atoms with Gasteiger partial charge in [0.05, 0.1) is 11.4 Å². The molecule has 0 saturated carbocycles. The number of hydrogen-bond acceptors (Lipinski definition) is 4. The first-order valence-electron chi connectivity index (χ1n) is 6.13. The van der Waals surface area contributed by atoms with Crippen LogP contribution in [0.25, 0.3) is 0 Å². The molecular weight excluding hydrogens is 251 g/mol. The number of rotatable bonds is 7. The average Bonchev–Trinajstić information content (AvgIpc) is 2.37. The van der Waals surface area contributed by atoms with Crippen molar-refractivity contribution in [2.24, 2.45) is 5.92 Å². The number of hydrogen-bond donors (Lipinski definition) is 4. The first kappa shape index (κ1) is 15.2. The van der Waals surface area contributed by atoms with Crippen LogP contribution < -0.4 is 11.1 Å². The number of nitrogen functional groups attached to an aromatic ring is 1. The van der Waals surface area contributed by atoms with E-state index in [4.69, 9.17) is 15.9 Å². The Morgan fingerprint density at radius 3 is 2.79 bits per heavy atom. The molecule has 0 bridgehead atoms. The van der Waals surface area contributed by atoms with Gasteiger partial charge in [-0.05, 0) is 30.9 Å². The Hall–Kier alpha value is -1.82. The van der Waals surface area contributed by atoms with Crippen molar-refractivity contribution in [3.05, 3.63) is 23.5 Å². The second-order valence-corrected chi connectivity index (χ2v) is 4.55. The van der Waals surface area contributed by atoms with Gasteiger partial charge in [0.2, 0.25) is 0 Å². The van der Waals surface area contributed by atoms with Gasteiger partial charge < -0.3 is 21.3 Å². The molecule has 5 nitrogen and oxygen atoms in total. The van der Waals surface area contributed by atoms with E-state index in [2.05, 4.69) is 5.32 Å². The molecule has 0 fully saturated rings. The van der Waals surface area contributed by atoms with Gasteiger partial charge in [0.15, 0.2) is 0 Å². The number of carboxylic acid groups (broad SMARTS) is 1. The molecule has 0 saturated heterocycles. The quantitative estimate of drug-likeness (QED) is 0.448. The lowest BCUT2D eigenvalue weighted by Gasteiger charge is -2.13. The minimum absolute atomic E-state index is 0.129. The summed E-state index contributed by atoms with van der Waals surface area (Å²) < 4.78 is 13.2. The Morgan fingerprint density at radius 2 is 2.21 bits per heavy atom. The number of anilines is 2. The molecule has 19 heavy (non-hydrogen) atoms. The van der Waals surface area contributed by atoms with Crippen LogP contribution in [0.2, 0.25) is 0 Å². The van der Waals surface area contributed by atoms with Crippen molar-refractivity contribution in [1.29, 1.82) is 0 Å². The molecule has 0 aliphatic heterocycles. The summed E-state index contributed by atoms with van der Waals surface area (Å²) in [7, 11) is 0. The number of halogens is 1. The highest BCUT2D eigenvalue weighted by atomic mass is 19.1. The zero-order chi connectivity index (χ0) is 14.4. The Bertz CT molecular complexity index is 452. The molecule has 0 heterocycles. The second-order valence-electron chi connectivity index (χ2n) is 4.55. The highest BCUT2D eigenvalue weighted by Crippen LogP contribution is 2.25. The van der Waals surface area contributed by atoms with Crippen molar-refractivity contribution >= 4 is 17.3 Å². The van der Waals surface area contributed by atoms with Crippen LogP contribution in [0.3, 0.4) is 0 Å². The number of aromatic carboxylic acids is 1. The van der Waals surface area contributed by atoms with E-state index in [0.29, 0.717) is 12.2 Å². The topological polar surface area (TPSA) is 95.6 Å². The van der Waals surface area contributed by atoms with E-state index in [1.54, 1.807) is 0 Å². The van der Waals surface area contributed by atoms with Crippen molar-refractivity contribution in [3.63, 3.8) is 0 Å². The van der Waals surface area contributed by atoms with Gasteiger partial charge in [0.25, 0.3) is 0 Å². The fourth-order valence-corrected chi connectivity index (χ4v) is 1.74. The molecule has 0 amide bonds. The lowest BCUT2D eigenvalue weighted by atomic mass is 10.1. The molecular formula is C13H19FN2O3. The molecule has 0 spiro atoms. The van der Waals surface area contributed by atoms with E-state index >= 15 is 0 Å². The van der Waals surface area contributed by atoms with Crippen molar-refractivity contribution < 1.29 is 19.4 Å². The van der Waals surface area contributed by atoms with Gasteiger partial charge in [-0.15, -0.1) is 0 Å². The molecule has 0 aliphatic carbocycles. The monoisotopic (exact) mass is 270 g/mol. The number of carboxylic acids is 1. The third-order valence-electron chi connectivity index (χ3n) is 2.91. The largest absolute Gasteiger partial charge is 0.478 e. The van der Waals surface area contributed by atoms with E-state index in [0.717, 1.165) is 18.9 Å². The van der Waals surface area contributed by atoms with Crippen molar-refractivity contribution in [2.75, 3.05) is 24.2 Å². The number of nitrogens with two attached hydrogens (primary N) is 1. The summed E-state index contributed by atoms with van der Waals surface area (Å²) >= 11 is 0. The molecule has 5 N–H and O–H groups in total. The van der Waals surface area contributed by atoms with Crippen LogP contribution in [-0.4, -0.2) is 29.3 Å². The molecule has 0 aliphatic rings. The van der Waals surface area contributed by atoms with Crippen molar-refractivity contribution in [1.82, 2.24) is 0 Å². The first-order valence-corrected chi connectivity index (χ1v) is 6.13. The SMILES string of the molecule is CC(CO)CCCNc1ccc(F)c(N)c1C(=O)O. The van der Waals surface area contributed by atoms with Gasteiger partial charge >= 0.3 is 5.97 Å². The number of nitrogens with one attached hydrogen (secondary N) is 1. The molecule has 1 unspecified atom stereocenters. The molecule has 6 heteroatoms. The van der Waals surface area contributed by atoms with Gasteiger partial charge in [-0.2, -0.15) is 0 Å². The molecule has 0 aromatic heterocycles. The van der Waals surface area contributed by atoms with E-state index in [-0.39, 0.29) is 23.8 Å². The van der Waals surface area contributed by atoms with Gasteiger partial charge in [0, 0.05) is 13.2 Å². The molecule has 1 rings (SSSR count). The predicted octanol–water partition coefficient (Wildman–Crippen LogP) is 1.93. The Morgan fingerprint density at radius 1 is 1.53 bits per heavy atom. The maximum absolute atomic E-state index is 13.2. The van der Waals surface area contributed by atoms with E-state index in [9.17, 15) is 9.18 Å². The summed E-state index contributed by atoms with van der Waals surface area (Å²) in [5, 5.41) is 20.8. The molecule has 106 valence electrons. The summed E-state index contributed by atoms with van der Waals surface area (Å²) in [6, 6.07) is 2.51. The zero-order valence-electron chi connectivity index (χ0n) is 10.8. The third-order valence-corrected chi connectivity index (χ3v) is 2.91. The Labute approximate surface area is 111 Å². The summed E-state index contributed by atoms with van der Waals surface area (Å²) in [5.74, 6) is -1.79. The lowest BCUT2D eigenvalue weighted by Crippen LogP contribution is -2.12. The zero-order valence-corrected chi connectivity index (χ0v) is 10.8. The maximum atomic E-state index is 13.2. The van der Waals surface area contributed by atoms with E-state index < -0.39 is 11.8 Å². The first-order chi connectivity index (χ1) is 8.97. The van der Waals surface area contributed by atoms with Crippen LogP contribution in [0.15, 0.2) is 12.1 Å². The van der Waals surface area contributed by atoms with Gasteiger partial charge in [-0.1, -0.05) is 6.92 Å². The highest BCUT2D eigenvalue weighted by Gasteiger charge is 2.17. The molecule has 1 aromatic carbocycles. The minimum Gasteiger partial charge on any atom is -0.478 e. The Balaban J connectivity index is 2.68. The van der Waals surface area contributed by atoms with Gasteiger partial charge in [-0.3, -0.25) is 0 Å². The summed E-state index contributed by atoms with van der Waals surface area (Å²) in [4.78, 5) is 11.1. The summed E-state index contributed by atoms with van der Waals surface area (Å²) in [6.45, 7) is 2.60. The van der Waals surface area contributed by atoms with Crippen LogP contribution in [-0.2, 0) is 0 Å². The van der Waals surface area contributed by atoms with E-state index in [1.807, 2.05) is 6.92 Å². The predicted molar refractivity (Wildman–Crippen MR) is 71.7 cm³/mol. The molecule has 0 radical (unpaired) electrons. The third kappa shape index (κ3) is 4.10. The number of benzene rings is 1. The standard InChI is InChI=1S/C13H19FN2O3/c1-8(7-17)3-2-6-16-10-5-4-9(14)12(15)11(10)13(18)19/h4-5,8,16-17H,2-3,6-7,15H2,1H3,(H,18,19). The normalized spacial score (nSPS) is 12.2. The maximum Gasteiger partial charge on any atom is 0.340 e. The van der Waals surface area contributed by atoms with Gasteiger partial charge in [0.1, 0.15) is 11.4 Å². The second kappa shape index (κ2) is 6.94. The smallest absolute Gasteiger partial charge is 0.340 e. The van der Waals surface area contributed by atoms with Crippen molar-refractivity contribution in [3.8, 4) is 0 Å². The fraction of sp³-hybridized carbons (Fsp3) is 0.462. The Kier molecular flexibility index (Phi) is 5.57.